The van der Waals surface area contributed by atoms with Gasteiger partial charge in [0.25, 0.3) is 5.91 Å². The molecule has 0 saturated carbocycles. The first-order valence-electron chi connectivity index (χ1n) is 9.88. The maximum Gasteiger partial charge on any atom is 0.254 e. The van der Waals surface area contributed by atoms with Gasteiger partial charge in [-0.1, -0.05) is 17.7 Å². The summed E-state index contributed by atoms with van der Waals surface area (Å²) in [6.45, 7) is 5.00. The molecule has 9 heteroatoms. The van der Waals surface area contributed by atoms with Crippen LogP contribution in [0, 0.1) is 0 Å². The van der Waals surface area contributed by atoms with Crippen LogP contribution in [0.1, 0.15) is 42.6 Å². The quantitative estimate of drug-likeness (QED) is 0.665. The molecule has 1 unspecified atom stereocenters. The zero-order valence-corrected chi connectivity index (χ0v) is 18.6. The molecule has 1 saturated heterocycles. The van der Waals surface area contributed by atoms with Crippen LogP contribution in [0.15, 0.2) is 47.6 Å². The number of sulfonamides is 1. The number of halogens is 1. The maximum atomic E-state index is 13.2. The molecule has 1 N–H and O–H groups in total. The Hall–Kier alpha value is -2.00. The largest absolute Gasteiger partial charge is 0.377 e. The van der Waals surface area contributed by atoms with Crippen LogP contribution >= 0.6 is 11.6 Å². The zero-order chi connectivity index (χ0) is 21.7. The third kappa shape index (κ3) is 5.57. The lowest BCUT2D eigenvalue weighted by Gasteiger charge is -2.27. The van der Waals surface area contributed by atoms with Crippen molar-refractivity contribution >= 4 is 27.5 Å². The molecule has 162 valence electrons. The van der Waals surface area contributed by atoms with Crippen molar-refractivity contribution < 1.29 is 17.9 Å². The second-order valence-electron chi connectivity index (χ2n) is 7.52. The molecule has 3 rings (SSSR count). The number of hydrogen-bond acceptors (Lipinski definition) is 5. The number of pyridine rings is 1. The van der Waals surface area contributed by atoms with E-state index in [1.165, 1.54) is 12.1 Å². The van der Waals surface area contributed by atoms with Crippen LogP contribution in [0.5, 0.6) is 0 Å². The summed E-state index contributed by atoms with van der Waals surface area (Å²) in [6.07, 6.45) is 4.96. The summed E-state index contributed by atoms with van der Waals surface area (Å²) < 4.78 is 33.6. The lowest BCUT2D eigenvalue weighted by molar-refractivity contribution is 0.0690. The van der Waals surface area contributed by atoms with Gasteiger partial charge in [-0.05, 0) is 56.5 Å². The van der Waals surface area contributed by atoms with Gasteiger partial charge in [-0.3, -0.25) is 9.78 Å². The van der Waals surface area contributed by atoms with Crippen LogP contribution in [-0.4, -0.2) is 49.5 Å². The molecule has 1 fully saturated rings. The Kier molecular flexibility index (Phi) is 7.46. The summed E-state index contributed by atoms with van der Waals surface area (Å²) in [5.74, 6) is -0.277. The van der Waals surface area contributed by atoms with Crippen LogP contribution in [0.25, 0.3) is 0 Å². The molecule has 0 radical (unpaired) electrons. The molecule has 0 spiro atoms. The van der Waals surface area contributed by atoms with Gasteiger partial charge < -0.3 is 9.64 Å². The predicted molar refractivity (Wildman–Crippen MR) is 115 cm³/mol. The highest BCUT2D eigenvalue weighted by molar-refractivity contribution is 7.89. The van der Waals surface area contributed by atoms with E-state index in [0.717, 1.165) is 18.4 Å². The van der Waals surface area contributed by atoms with Crippen LogP contribution in [-0.2, 0) is 21.3 Å². The van der Waals surface area contributed by atoms with Crippen molar-refractivity contribution in [2.75, 3.05) is 13.2 Å². The third-order valence-corrected chi connectivity index (χ3v) is 6.86. The van der Waals surface area contributed by atoms with Gasteiger partial charge >= 0.3 is 0 Å². The normalized spacial score (nSPS) is 16.7. The van der Waals surface area contributed by atoms with Crippen molar-refractivity contribution in [1.82, 2.24) is 14.6 Å². The number of hydrogen-bond donors (Lipinski definition) is 1. The standard InChI is InChI=1S/C21H26ClN3O4S/c1-15(2)25(14-16-5-3-9-23-12-16)21(26)17-7-8-19(22)20(11-17)30(27,28)24-13-18-6-4-10-29-18/h3,5,7-9,11-12,15,18,24H,4,6,10,13-14H2,1-2H3. The van der Waals surface area contributed by atoms with Gasteiger partial charge in [0.2, 0.25) is 10.0 Å². The van der Waals surface area contributed by atoms with Crippen LogP contribution in [0.4, 0.5) is 0 Å². The highest BCUT2D eigenvalue weighted by atomic mass is 35.5. The predicted octanol–water partition coefficient (Wildman–Crippen LogP) is 3.24. The van der Waals surface area contributed by atoms with Crippen molar-refractivity contribution in [3.8, 4) is 0 Å². The number of ether oxygens (including phenoxy) is 1. The average Bonchev–Trinajstić information content (AvgIpc) is 3.25. The monoisotopic (exact) mass is 451 g/mol. The Morgan fingerprint density at radius 2 is 2.17 bits per heavy atom. The molecule has 0 aliphatic carbocycles. The minimum atomic E-state index is -3.88. The highest BCUT2D eigenvalue weighted by Crippen LogP contribution is 2.24. The van der Waals surface area contributed by atoms with Gasteiger partial charge in [0.05, 0.1) is 11.1 Å². The molecule has 1 aliphatic rings. The minimum absolute atomic E-state index is 0.0646. The van der Waals surface area contributed by atoms with Gasteiger partial charge in [-0.2, -0.15) is 0 Å². The first kappa shape index (κ1) is 22.7. The number of rotatable bonds is 8. The average molecular weight is 452 g/mol. The number of benzene rings is 1. The molecular weight excluding hydrogens is 426 g/mol. The summed E-state index contributed by atoms with van der Waals surface area (Å²) >= 11 is 6.17. The molecule has 1 aliphatic heterocycles. The van der Waals surface area contributed by atoms with Gasteiger partial charge in [0.1, 0.15) is 4.90 Å². The zero-order valence-electron chi connectivity index (χ0n) is 17.0. The third-order valence-electron chi connectivity index (χ3n) is 4.95. The SMILES string of the molecule is CC(C)N(Cc1cccnc1)C(=O)c1ccc(Cl)c(S(=O)(=O)NCC2CCCO2)c1. The second kappa shape index (κ2) is 9.87. The Bertz CT molecular complexity index is 977. The van der Waals surface area contributed by atoms with Crippen LogP contribution in [0.2, 0.25) is 5.02 Å². The van der Waals surface area contributed by atoms with Crippen molar-refractivity contribution in [2.45, 2.75) is 50.3 Å². The number of aromatic nitrogens is 1. The lowest BCUT2D eigenvalue weighted by atomic mass is 10.1. The van der Waals surface area contributed by atoms with E-state index in [-0.39, 0.29) is 40.1 Å². The Labute approximate surface area is 182 Å². The molecule has 2 heterocycles. The number of nitrogens with one attached hydrogen (secondary N) is 1. The van der Waals surface area contributed by atoms with E-state index in [1.54, 1.807) is 23.4 Å². The number of carbonyl (C=O) groups is 1. The summed E-state index contributed by atoms with van der Waals surface area (Å²) in [5, 5.41) is 0.0646. The first-order chi connectivity index (χ1) is 14.3. The highest BCUT2D eigenvalue weighted by Gasteiger charge is 2.25. The molecule has 2 aromatic rings. The van der Waals surface area contributed by atoms with Gasteiger partial charge in [0, 0.05) is 43.7 Å². The molecule has 1 aromatic heterocycles. The van der Waals surface area contributed by atoms with Crippen molar-refractivity contribution in [3.05, 3.63) is 58.9 Å². The number of amides is 1. The fraction of sp³-hybridized carbons (Fsp3) is 0.429. The molecule has 1 aromatic carbocycles. The Balaban J connectivity index is 1.82. The van der Waals surface area contributed by atoms with E-state index >= 15 is 0 Å². The fourth-order valence-electron chi connectivity index (χ4n) is 3.27. The Morgan fingerprint density at radius 1 is 1.37 bits per heavy atom. The van der Waals surface area contributed by atoms with Crippen molar-refractivity contribution in [1.29, 1.82) is 0 Å². The number of carbonyl (C=O) groups excluding carboxylic acids is 1. The van der Waals surface area contributed by atoms with E-state index in [1.807, 2.05) is 26.0 Å². The number of nitrogens with zero attached hydrogens (tertiary/aromatic N) is 2. The van der Waals surface area contributed by atoms with Gasteiger partial charge in [0.15, 0.2) is 0 Å². The molecule has 1 amide bonds. The Morgan fingerprint density at radius 3 is 2.80 bits per heavy atom. The first-order valence-corrected chi connectivity index (χ1v) is 11.7. The summed E-state index contributed by atoms with van der Waals surface area (Å²) in [5.41, 5.74) is 1.15. The van der Waals surface area contributed by atoms with Gasteiger partial charge in [-0.25, -0.2) is 13.1 Å². The van der Waals surface area contributed by atoms with Crippen molar-refractivity contribution in [3.63, 3.8) is 0 Å². The summed E-state index contributed by atoms with van der Waals surface area (Å²) in [4.78, 5) is 18.8. The maximum absolute atomic E-state index is 13.2. The molecule has 0 bridgehead atoms. The fourth-order valence-corrected chi connectivity index (χ4v) is 4.86. The minimum Gasteiger partial charge on any atom is -0.377 e. The van der Waals surface area contributed by atoms with E-state index < -0.39 is 10.0 Å². The van der Waals surface area contributed by atoms with Crippen LogP contribution < -0.4 is 4.72 Å². The van der Waals surface area contributed by atoms with E-state index in [2.05, 4.69) is 9.71 Å². The lowest BCUT2D eigenvalue weighted by Crippen LogP contribution is -2.36. The molecular formula is C21H26ClN3O4S. The molecule has 1 atom stereocenters. The summed E-state index contributed by atoms with van der Waals surface area (Å²) in [7, 11) is -3.88. The smallest absolute Gasteiger partial charge is 0.254 e. The summed E-state index contributed by atoms with van der Waals surface area (Å²) in [6, 6.07) is 7.93. The van der Waals surface area contributed by atoms with E-state index in [4.69, 9.17) is 16.3 Å². The molecule has 7 nitrogen and oxygen atoms in total. The molecule has 30 heavy (non-hydrogen) atoms. The van der Waals surface area contributed by atoms with E-state index in [9.17, 15) is 13.2 Å². The van der Waals surface area contributed by atoms with E-state index in [0.29, 0.717) is 13.2 Å². The topological polar surface area (TPSA) is 88.6 Å². The van der Waals surface area contributed by atoms with Gasteiger partial charge in [-0.15, -0.1) is 0 Å². The second-order valence-corrected chi connectivity index (χ2v) is 9.66. The van der Waals surface area contributed by atoms with Crippen LogP contribution in [0.3, 0.4) is 0 Å². The van der Waals surface area contributed by atoms with Crippen molar-refractivity contribution in [2.24, 2.45) is 0 Å².